The van der Waals surface area contributed by atoms with Crippen LogP contribution in [0.4, 0.5) is 5.69 Å². The number of phenolic OH excluding ortho intramolecular Hbond substituents is 1. The predicted octanol–water partition coefficient (Wildman–Crippen LogP) is 3.54. The van der Waals surface area contributed by atoms with Crippen LogP contribution in [0.1, 0.15) is 31.0 Å². The molecule has 5 heteroatoms. The van der Waals surface area contributed by atoms with Gasteiger partial charge in [-0.25, -0.2) is 4.98 Å². The zero-order valence-electron chi connectivity index (χ0n) is 16.6. The number of rotatable bonds is 5. The largest absolute Gasteiger partial charge is 0.508 e. The molecular weight excluding hydrogens is 366 g/mol. The smallest absolute Gasteiger partial charge is 0.123 e. The number of aromatic nitrogens is 1. The van der Waals surface area contributed by atoms with Gasteiger partial charge < -0.3 is 14.9 Å². The Bertz CT molecular complexity index is 894. The SMILES string of the molecule is CC(C)c1ccc(-c2nc(C[NH+]3CCN(c4ccc(O)cc4)CC3)cs2)cc1. The second kappa shape index (κ2) is 8.33. The van der Waals surface area contributed by atoms with E-state index in [-0.39, 0.29) is 0 Å². The highest BCUT2D eigenvalue weighted by molar-refractivity contribution is 7.13. The van der Waals surface area contributed by atoms with Crippen LogP contribution in [0, 0.1) is 0 Å². The molecule has 28 heavy (non-hydrogen) atoms. The van der Waals surface area contributed by atoms with Crippen molar-refractivity contribution in [3.05, 3.63) is 65.2 Å². The molecule has 2 aromatic carbocycles. The van der Waals surface area contributed by atoms with E-state index in [1.807, 2.05) is 12.1 Å². The topological polar surface area (TPSA) is 40.8 Å². The lowest BCUT2D eigenvalue weighted by Crippen LogP contribution is -3.13. The summed E-state index contributed by atoms with van der Waals surface area (Å²) in [5, 5.41) is 12.8. The second-order valence-electron chi connectivity index (χ2n) is 7.85. The average molecular weight is 395 g/mol. The molecule has 0 aliphatic carbocycles. The standard InChI is InChI=1S/C23H27N3OS/c1-17(2)18-3-5-19(6-4-18)23-24-20(16-28-23)15-25-11-13-26(14-12-25)21-7-9-22(27)10-8-21/h3-10,16-17,27H,11-15H2,1-2H3/p+1. The Labute approximate surface area is 171 Å². The van der Waals surface area contributed by atoms with Gasteiger partial charge in [0.1, 0.15) is 23.0 Å². The Hall–Kier alpha value is -2.37. The van der Waals surface area contributed by atoms with Gasteiger partial charge in [-0.3, -0.25) is 0 Å². The number of aromatic hydroxyl groups is 1. The highest BCUT2D eigenvalue weighted by Gasteiger charge is 2.21. The van der Waals surface area contributed by atoms with Gasteiger partial charge in [0.25, 0.3) is 0 Å². The molecule has 0 unspecified atom stereocenters. The van der Waals surface area contributed by atoms with Crippen molar-refractivity contribution < 1.29 is 10.0 Å². The van der Waals surface area contributed by atoms with Crippen molar-refractivity contribution in [2.24, 2.45) is 0 Å². The van der Waals surface area contributed by atoms with E-state index in [1.54, 1.807) is 28.4 Å². The van der Waals surface area contributed by atoms with Gasteiger partial charge in [0.05, 0.1) is 26.2 Å². The lowest BCUT2D eigenvalue weighted by Gasteiger charge is -2.33. The van der Waals surface area contributed by atoms with Gasteiger partial charge in [0, 0.05) is 16.6 Å². The summed E-state index contributed by atoms with van der Waals surface area (Å²) in [5.74, 6) is 0.885. The van der Waals surface area contributed by atoms with Crippen LogP contribution in [0.3, 0.4) is 0 Å². The van der Waals surface area contributed by atoms with Crippen molar-refractivity contribution in [3.63, 3.8) is 0 Å². The summed E-state index contributed by atoms with van der Waals surface area (Å²) in [6.07, 6.45) is 0. The first-order valence-corrected chi connectivity index (χ1v) is 10.9. The van der Waals surface area contributed by atoms with E-state index < -0.39 is 0 Å². The van der Waals surface area contributed by atoms with E-state index in [9.17, 15) is 5.11 Å². The third-order valence-electron chi connectivity index (χ3n) is 5.49. The number of hydrogen-bond acceptors (Lipinski definition) is 4. The van der Waals surface area contributed by atoms with Crippen molar-refractivity contribution in [1.82, 2.24) is 4.98 Å². The fourth-order valence-electron chi connectivity index (χ4n) is 3.71. The maximum absolute atomic E-state index is 9.45. The Morgan fingerprint density at radius 2 is 1.71 bits per heavy atom. The Kier molecular flexibility index (Phi) is 5.64. The van der Waals surface area contributed by atoms with Crippen LogP contribution >= 0.6 is 11.3 Å². The summed E-state index contributed by atoms with van der Waals surface area (Å²) in [7, 11) is 0. The number of hydrogen-bond donors (Lipinski definition) is 2. The average Bonchev–Trinajstić information content (AvgIpc) is 3.18. The van der Waals surface area contributed by atoms with Gasteiger partial charge in [-0.1, -0.05) is 38.1 Å². The van der Waals surface area contributed by atoms with Crippen molar-refractivity contribution in [1.29, 1.82) is 0 Å². The molecule has 1 fully saturated rings. The normalized spacial score (nSPS) is 15.3. The minimum Gasteiger partial charge on any atom is -0.508 e. The second-order valence-corrected chi connectivity index (χ2v) is 8.71. The first-order valence-electron chi connectivity index (χ1n) is 10.0. The molecule has 3 aromatic rings. The van der Waals surface area contributed by atoms with Crippen LogP contribution in [0.15, 0.2) is 53.9 Å². The first-order chi connectivity index (χ1) is 13.6. The van der Waals surface area contributed by atoms with E-state index in [0.29, 0.717) is 11.7 Å². The minimum atomic E-state index is 0.325. The third kappa shape index (κ3) is 4.37. The summed E-state index contributed by atoms with van der Waals surface area (Å²) in [6.45, 7) is 9.72. The molecule has 0 amide bonds. The number of nitrogens with zero attached hydrogens (tertiary/aromatic N) is 2. The number of anilines is 1. The molecular formula is C23H28N3OS+. The highest BCUT2D eigenvalue weighted by atomic mass is 32.1. The van der Waals surface area contributed by atoms with Crippen molar-refractivity contribution >= 4 is 17.0 Å². The van der Waals surface area contributed by atoms with Gasteiger partial charge in [0.2, 0.25) is 0 Å². The summed E-state index contributed by atoms with van der Waals surface area (Å²) in [6, 6.07) is 16.3. The van der Waals surface area contributed by atoms with Gasteiger partial charge in [0.15, 0.2) is 0 Å². The molecule has 0 radical (unpaired) electrons. The summed E-state index contributed by atoms with van der Waals surface area (Å²) < 4.78 is 0. The molecule has 1 aliphatic rings. The van der Waals surface area contributed by atoms with Crippen LogP contribution in [0.2, 0.25) is 0 Å². The zero-order chi connectivity index (χ0) is 19.5. The quantitative estimate of drug-likeness (QED) is 0.695. The molecule has 4 rings (SSSR count). The molecule has 2 N–H and O–H groups in total. The summed E-state index contributed by atoms with van der Waals surface area (Å²) >= 11 is 1.75. The molecule has 0 saturated carbocycles. The fraction of sp³-hybridized carbons (Fsp3) is 0.348. The maximum atomic E-state index is 9.45. The molecule has 1 saturated heterocycles. The lowest BCUT2D eigenvalue weighted by atomic mass is 10.0. The van der Waals surface area contributed by atoms with Gasteiger partial charge in [-0.2, -0.15) is 0 Å². The highest BCUT2D eigenvalue weighted by Crippen LogP contribution is 2.25. The van der Waals surface area contributed by atoms with Gasteiger partial charge in [-0.15, -0.1) is 11.3 Å². The van der Waals surface area contributed by atoms with E-state index in [1.165, 1.54) is 22.5 Å². The van der Waals surface area contributed by atoms with Crippen LogP contribution in [0.5, 0.6) is 5.75 Å². The van der Waals surface area contributed by atoms with E-state index >= 15 is 0 Å². The van der Waals surface area contributed by atoms with Gasteiger partial charge in [-0.05, 0) is 35.7 Å². The van der Waals surface area contributed by atoms with Crippen molar-refractivity contribution in [2.45, 2.75) is 26.3 Å². The molecule has 4 nitrogen and oxygen atoms in total. The van der Waals surface area contributed by atoms with E-state index in [0.717, 1.165) is 37.7 Å². The number of quaternary nitrogens is 1. The molecule has 0 spiro atoms. The van der Waals surface area contributed by atoms with Crippen LogP contribution < -0.4 is 9.80 Å². The molecule has 0 bridgehead atoms. The molecule has 1 aromatic heterocycles. The third-order valence-corrected chi connectivity index (χ3v) is 6.43. The fourth-order valence-corrected chi connectivity index (χ4v) is 4.53. The van der Waals surface area contributed by atoms with Crippen LogP contribution in [-0.4, -0.2) is 36.3 Å². The molecule has 0 atom stereocenters. The Morgan fingerprint density at radius 3 is 2.36 bits per heavy atom. The van der Waals surface area contributed by atoms with Crippen molar-refractivity contribution in [2.75, 3.05) is 31.1 Å². The molecule has 1 aliphatic heterocycles. The van der Waals surface area contributed by atoms with Crippen molar-refractivity contribution in [3.8, 4) is 16.3 Å². The number of piperazine rings is 1. The number of phenols is 1. The van der Waals surface area contributed by atoms with Crippen LogP contribution in [-0.2, 0) is 6.54 Å². The van der Waals surface area contributed by atoms with Gasteiger partial charge >= 0.3 is 0 Å². The van der Waals surface area contributed by atoms with Crippen LogP contribution in [0.25, 0.3) is 10.6 Å². The summed E-state index contributed by atoms with van der Waals surface area (Å²) in [4.78, 5) is 8.87. The lowest BCUT2D eigenvalue weighted by molar-refractivity contribution is -0.914. The summed E-state index contributed by atoms with van der Waals surface area (Å²) in [5.41, 5.74) is 4.97. The minimum absolute atomic E-state index is 0.325. The number of benzene rings is 2. The van der Waals surface area contributed by atoms with E-state index in [4.69, 9.17) is 4.98 Å². The molecule has 2 heterocycles. The zero-order valence-corrected chi connectivity index (χ0v) is 17.4. The Balaban J connectivity index is 1.34. The molecule has 146 valence electrons. The Morgan fingerprint density at radius 1 is 1.04 bits per heavy atom. The maximum Gasteiger partial charge on any atom is 0.123 e. The first kappa shape index (κ1) is 19.0. The predicted molar refractivity (Wildman–Crippen MR) is 116 cm³/mol. The number of nitrogens with one attached hydrogen (secondary N) is 1. The monoisotopic (exact) mass is 394 g/mol. The number of thiazole rings is 1. The van der Waals surface area contributed by atoms with E-state index in [2.05, 4.69) is 48.4 Å².